The minimum atomic E-state index is -0.543. The number of methoxy groups -OCH3 is 1. The summed E-state index contributed by atoms with van der Waals surface area (Å²) in [4.78, 5) is 30.4. The van der Waals surface area contributed by atoms with E-state index in [4.69, 9.17) is 4.74 Å². The number of piperazine rings is 1. The number of aromatic nitrogens is 3. The molecular weight excluding hydrogens is 501 g/mol. The normalized spacial score (nSPS) is 16.5. The monoisotopic (exact) mass is 533 g/mol. The molecule has 5 rings (SSSR count). The molecule has 0 saturated carbocycles. The first-order valence-corrected chi connectivity index (χ1v) is 12.9. The number of nitrogens with zero attached hydrogens (tertiary/aromatic N) is 5. The first-order chi connectivity index (χ1) is 19.0. The van der Waals surface area contributed by atoms with Gasteiger partial charge in [0.2, 0.25) is 11.9 Å². The lowest BCUT2D eigenvalue weighted by Gasteiger charge is -2.36. The zero-order valence-electron chi connectivity index (χ0n) is 22.0. The van der Waals surface area contributed by atoms with Crippen LogP contribution in [-0.4, -0.2) is 88.8 Å². The molecule has 1 aromatic carbocycles. The molecule has 2 aromatic heterocycles. The largest absolute Gasteiger partial charge is 0.390 e. The average Bonchev–Trinajstić information content (AvgIpc) is 3.39. The molecule has 204 valence electrons. The zero-order chi connectivity index (χ0) is 27.4. The van der Waals surface area contributed by atoms with Crippen LogP contribution in [0.1, 0.15) is 22.5 Å². The highest BCUT2D eigenvalue weighted by molar-refractivity contribution is 5.97. The second kappa shape index (κ2) is 12.0. The van der Waals surface area contributed by atoms with Crippen LogP contribution in [-0.2, 0) is 22.6 Å². The van der Waals surface area contributed by atoms with Gasteiger partial charge in [-0.05, 0) is 42.8 Å². The molecule has 1 fully saturated rings. The highest BCUT2D eigenvalue weighted by Crippen LogP contribution is 2.37. The molecule has 10 nitrogen and oxygen atoms in total. The van der Waals surface area contributed by atoms with Crippen molar-refractivity contribution >= 4 is 28.8 Å². The summed E-state index contributed by atoms with van der Waals surface area (Å²) in [6.07, 6.45) is 5.13. The highest BCUT2D eigenvalue weighted by atomic mass is 19.1. The zero-order valence-corrected chi connectivity index (χ0v) is 22.0. The van der Waals surface area contributed by atoms with Crippen LogP contribution in [0.15, 0.2) is 48.8 Å². The number of amides is 1. The van der Waals surface area contributed by atoms with Crippen molar-refractivity contribution in [3.63, 3.8) is 0 Å². The molecule has 1 aliphatic carbocycles. The molecule has 11 heteroatoms. The van der Waals surface area contributed by atoms with E-state index >= 15 is 0 Å². The van der Waals surface area contributed by atoms with Crippen molar-refractivity contribution in [3.05, 3.63) is 77.1 Å². The van der Waals surface area contributed by atoms with Gasteiger partial charge >= 0.3 is 0 Å². The van der Waals surface area contributed by atoms with Gasteiger partial charge in [0.1, 0.15) is 11.7 Å². The molecule has 3 N–H and O–H groups in total. The van der Waals surface area contributed by atoms with Crippen LogP contribution < -0.4 is 10.6 Å². The summed E-state index contributed by atoms with van der Waals surface area (Å²) in [6.45, 7) is 3.52. The molecule has 0 spiro atoms. The van der Waals surface area contributed by atoms with E-state index in [1.807, 2.05) is 24.3 Å². The Balaban J connectivity index is 1.35. The average molecular weight is 534 g/mol. The Morgan fingerprint density at radius 3 is 2.69 bits per heavy atom. The highest BCUT2D eigenvalue weighted by Gasteiger charge is 2.30. The smallest absolute Gasteiger partial charge is 0.244 e. The van der Waals surface area contributed by atoms with Gasteiger partial charge in [-0.2, -0.15) is 0 Å². The van der Waals surface area contributed by atoms with E-state index in [9.17, 15) is 14.3 Å². The maximum absolute atomic E-state index is 15.0. The molecule has 0 bridgehead atoms. The third-order valence-electron chi connectivity index (χ3n) is 7.08. The number of carbonyl (C=O) groups is 1. The van der Waals surface area contributed by atoms with Gasteiger partial charge in [0.15, 0.2) is 5.82 Å². The number of hydrogen-bond acceptors (Lipinski definition) is 9. The summed E-state index contributed by atoms with van der Waals surface area (Å²) in [5, 5.41) is 15.3. The number of halogens is 1. The molecular formula is C28H32FN7O3. The fourth-order valence-electron chi connectivity index (χ4n) is 4.91. The summed E-state index contributed by atoms with van der Waals surface area (Å²) in [7, 11) is 3.68. The number of aliphatic hydroxyl groups is 1. The van der Waals surface area contributed by atoms with Crippen molar-refractivity contribution in [1.82, 2.24) is 24.8 Å². The number of allylic oxidation sites excluding steroid dienone is 1. The van der Waals surface area contributed by atoms with E-state index < -0.39 is 11.9 Å². The Morgan fingerprint density at radius 1 is 1.15 bits per heavy atom. The second-order valence-corrected chi connectivity index (χ2v) is 9.66. The first kappa shape index (κ1) is 26.8. The van der Waals surface area contributed by atoms with Crippen molar-refractivity contribution in [2.45, 2.75) is 19.1 Å². The third kappa shape index (κ3) is 5.96. The van der Waals surface area contributed by atoms with Crippen molar-refractivity contribution in [1.29, 1.82) is 0 Å². The maximum atomic E-state index is 15.0. The predicted octanol–water partition coefficient (Wildman–Crippen LogP) is 2.44. The van der Waals surface area contributed by atoms with Crippen LogP contribution >= 0.6 is 0 Å². The van der Waals surface area contributed by atoms with Gasteiger partial charge in [0.05, 0.1) is 37.0 Å². The van der Waals surface area contributed by atoms with Gasteiger partial charge in [-0.1, -0.05) is 18.2 Å². The van der Waals surface area contributed by atoms with Crippen molar-refractivity contribution in [2.24, 2.45) is 0 Å². The van der Waals surface area contributed by atoms with E-state index in [2.05, 4.69) is 42.4 Å². The molecule has 0 unspecified atom stereocenters. The quantitative estimate of drug-likeness (QED) is 0.381. The molecule has 39 heavy (non-hydrogen) atoms. The van der Waals surface area contributed by atoms with E-state index in [1.165, 1.54) is 0 Å². The van der Waals surface area contributed by atoms with E-state index in [0.717, 1.165) is 43.5 Å². The fraction of sp³-hybridized carbons (Fsp3) is 0.357. The number of nitrogens with one attached hydrogen (secondary N) is 2. The minimum absolute atomic E-state index is 0.121. The van der Waals surface area contributed by atoms with Crippen LogP contribution in [0, 0.1) is 5.82 Å². The van der Waals surface area contributed by atoms with Gasteiger partial charge in [0.25, 0.3) is 0 Å². The van der Waals surface area contributed by atoms with Crippen LogP contribution in [0.25, 0.3) is 5.57 Å². The van der Waals surface area contributed by atoms with E-state index in [0.29, 0.717) is 35.7 Å². The molecule has 1 aliphatic heterocycles. The molecule has 3 heterocycles. The maximum Gasteiger partial charge on any atom is 0.244 e. The Hall–Kier alpha value is -3.77. The predicted molar refractivity (Wildman–Crippen MR) is 146 cm³/mol. The lowest BCUT2D eigenvalue weighted by Crippen LogP contribution is -2.54. The summed E-state index contributed by atoms with van der Waals surface area (Å²) in [6, 6.07) is 8.64. The number of carbonyl (C=O) groups excluding carboxylic acids is 1. The Kier molecular flexibility index (Phi) is 8.22. The number of ether oxygens (including phenoxy) is 1. The van der Waals surface area contributed by atoms with Gasteiger partial charge < -0.3 is 25.4 Å². The van der Waals surface area contributed by atoms with Gasteiger partial charge in [-0.15, -0.1) is 0 Å². The van der Waals surface area contributed by atoms with Gasteiger partial charge in [0, 0.05) is 44.5 Å². The minimum Gasteiger partial charge on any atom is -0.390 e. The Labute approximate surface area is 226 Å². The number of rotatable bonds is 9. The Bertz CT molecular complexity index is 1360. The Morgan fingerprint density at radius 2 is 1.97 bits per heavy atom. The van der Waals surface area contributed by atoms with Crippen LogP contribution in [0.2, 0.25) is 0 Å². The number of hydrogen-bond donors (Lipinski definition) is 3. The van der Waals surface area contributed by atoms with Crippen LogP contribution in [0.3, 0.4) is 0 Å². The lowest BCUT2D eigenvalue weighted by atomic mass is 10.0. The number of pyridine rings is 1. The van der Waals surface area contributed by atoms with Crippen molar-refractivity contribution in [3.8, 4) is 0 Å². The molecule has 1 amide bonds. The number of anilines is 3. The van der Waals surface area contributed by atoms with Crippen molar-refractivity contribution in [2.75, 3.05) is 57.6 Å². The van der Waals surface area contributed by atoms with Crippen molar-refractivity contribution < 1.29 is 19.0 Å². The summed E-state index contributed by atoms with van der Waals surface area (Å²) in [5.41, 5.74) is 4.38. The topological polar surface area (TPSA) is 116 Å². The number of aliphatic hydroxyl groups excluding tert-OH is 1. The van der Waals surface area contributed by atoms with E-state index in [-0.39, 0.29) is 24.2 Å². The number of fused-ring (bicyclic) bond motifs is 1. The fourth-order valence-corrected chi connectivity index (χ4v) is 4.91. The molecule has 0 radical (unpaired) electrons. The van der Waals surface area contributed by atoms with Gasteiger partial charge in [-0.25, -0.2) is 14.4 Å². The number of likely N-dealkylation sites (N-methyl/N-ethyl adjacent to an activating group) is 1. The van der Waals surface area contributed by atoms with Crippen LogP contribution in [0.4, 0.5) is 21.7 Å². The molecule has 1 saturated heterocycles. The third-order valence-corrected chi connectivity index (χ3v) is 7.08. The van der Waals surface area contributed by atoms with Crippen LogP contribution in [0.5, 0.6) is 0 Å². The lowest BCUT2D eigenvalue weighted by molar-refractivity contribution is -0.124. The van der Waals surface area contributed by atoms with E-state index in [1.54, 1.807) is 25.4 Å². The molecule has 3 aromatic rings. The first-order valence-electron chi connectivity index (χ1n) is 12.9. The molecule has 1 atom stereocenters. The SMILES string of the molecule is COC[C@H](C(=O)Nc1cccc2c1CC=C2c1nc(Nc2ccc(CO)nc2)ncc1F)N1CCN(C)CC1. The summed E-state index contributed by atoms with van der Waals surface area (Å²) in [5.74, 6) is -0.444. The summed E-state index contributed by atoms with van der Waals surface area (Å²) < 4.78 is 20.3. The summed E-state index contributed by atoms with van der Waals surface area (Å²) >= 11 is 0. The second-order valence-electron chi connectivity index (χ2n) is 9.66. The van der Waals surface area contributed by atoms with Gasteiger partial charge in [-0.3, -0.25) is 14.7 Å². The standard InChI is InChI=1S/C28H32FN7O3/c1-35-10-12-36(13-11-35)25(17-39-2)27(38)33-24-5-3-4-20-21(24)8-9-22(20)26-23(29)15-31-28(34-26)32-18-6-7-19(16-37)30-14-18/h3-7,9,14-15,25,37H,8,10-13,16-17H2,1-2H3,(H,33,38)(H,31,32,34)/t25-/m1/s1. The number of benzene rings is 1. The molecule has 2 aliphatic rings.